The summed E-state index contributed by atoms with van der Waals surface area (Å²) in [5, 5.41) is 4.94. The normalized spacial score (nSPS) is 23.6. The van der Waals surface area contributed by atoms with Gasteiger partial charge in [0.1, 0.15) is 0 Å². The fourth-order valence-corrected chi connectivity index (χ4v) is 3.58. The second-order valence-electron chi connectivity index (χ2n) is 5.88. The molecule has 0 spiro atoms. The summed E-state index contributed by atoms with van der Waals surface area (Å²) in [6.45, 7) is 4.46. The van der Waals surface area contributed by atoms with Crippen molar-refractivity contribution in [2.24, 2.45) is 5.92 Å². The summed E-state index contributed by atoms with van der Waals surface area (Å²) in [5.41, 5.74) is 1.37. The lowest BCUT2D eigenvalue weighted by atomic mass is 9.82. The van der Waals surface area contributed by atoms with Crippen LogP contribution in [0.1, 0.15) is 56.9 Å². The van der Waals surface area contributed by atoms with Crippen LogP contribution in [0.25, 0.3) is 0 Å². The molecule has 1 fully saturated rings. The number of benzene rings is 1. The Balaban J connectivity index is 2.12. The van der Waals surface area contributed by atoms with Crippen molar-refractivity contribution >= 4 is 23.2 Å². The zero-order valence-electron chi connectivity index (χ0n) is 12.3. The van der Waals surface area contributed by atoms with Gasteiger partial charge in [-0.2, -0.15) is 0 Å². The fraction of sp³-hybridized carbons (Fsp3) is 0.647. The van der Waals surface area contributed by atoms with E-state index in [4.69, 9.17) is 23.2 Å². The van der Waals surface area contributed by atoms with E-state index in [9.17, 15) is 0 Å². The largest absolute Gasteiger partial charge is 0.316 e. The molecule has 3 heteroatoms. The predicted molar refractivity (Wildman–Crippen MR) is 88.9 cm³/mol. The number of rotatable bonds is 5. The molecule has 0 saturated heterocycles. The molecular weight excluding hydrogens is 289 g/mol. The Hall–Kier alpha value is -0.240. The summed E-state index contributed by atoms with van der Waals surface area (Å²) in [6.07, 6.45) is 7.84. The van der Waals surface area contributed by atoms with Gasteiger partial charge in [-0.15, -0.1) is 0 Å². The molecule has 20 heavy (non-hydrogen) atoms. The molecular formula is C17H25Cl2N. The average molecular weight is 314 g/mol. The van der Waals surface area contributed by atoms with Crippen LogP contribution in [0.4, 0.5) is 0 Å². The molecule has 1 aromatic rings. The minimum absolute atomic E-state index is 0.622. The summed E-state index contributed by atoms with van der Waals surface area (Å²) >= 11 is 12.2. The summed E-state index contributed by atoms with van der Waals surface area (Å²) in [5.74, 6) is 1.35. The minimum atomic E-state index is 0.622. The molecule has 2 atom stereocenters. The lowest BCUT2D eigenvalue weighted by Gasteiger charge is -2.26. The lowest BCUT2D eigenvalue weighted by molar-refractivity contribution is 0.376. The van der Waals surface area contributed by atoms with E-state index in [0.29, 0.717) is 16.0 Å². The van der Waals surface area contributed by atoms with Gasteiger partial charge in [-0.25, -0.2) is 0 Å². The Kier molecular flexibility index (Phi) is 6.67. The van der Waals surface area contributed by atoms with Gasteiger partial charge in [0.05, 0.1) is 10.0 Å². The number of nitrogens with one attached hydrogen (secondary N) is 1. The summed E-state index contributed by atoms with van der Waals surface area (Å²) in [6, 6.07) is 6.18. The first-order valence-corrected chi connectivity index (χ1v) is 8.63. The zero-order chi connectivity index (χ0) is 14.4. The van der Waals surface area contributed by atoms with Crippen LogP contribution in [0.15, 0.2) is 18.2 Å². The van der Waals surface area contributed by atoms with Crippen molar-refractivity contribution in [3.05, 3.63) is 33.8 Å². The highest BCUT2D eigenvalue weighted by Gasteiger charge is 2.25. The van der Waals surface area contributed by atoms with E-state index in [-0.39, 0.29) is 0 Å². The third kappa shape index (κ3) is 4.38. The van der Waals surface area contributed by atoms with Crippen molar-refractivity contribution in [2.75, 3.05) is 13.1 Å². The topological polar surface area (TPSA) is 12.0 Å². The Bertz CT molecular complexity index is 419. The van der Waals surface area contributed by atoms with Gasteiger partial charge in [0, 0.05) is 0 Å². The molecule has 1 N–H and O–H groups in total. The highest BCUT2D eigenvalue weighted by Crippen LogP contribution is 2.38. The van der Waals surface area contributed by atoms with Gasteiger partial charge in [-0.3, -0.25) is 0 Å². The molecule has 112 valence electrons. The third-order valence-electron chi connectivity index (χ3n) is 4.36. The molecule has 1 nitrogen and oxygen atoms in total. The highest BCUT2D eigenvalue weighted by atomic mass is 35.5. The number of hydrogen-bond acceptors (Lipinski definition) is 1. The minimum Gasteiger partial charge on any atom is -0.316 e. The standard InChI is InChI=1S/C17H25Cl2N/c1-2-10-20-12-14-6-4-3-5-7-15(14)13-8-9-16(18)17(19)11-13/h8-9,11,14-15,20H,2-7,10,12H2,1H3. The van der Waals surface area contributed by atoms with Crippen LogP contribution in [0.2, 0.25) is 10.0 Å². The van der Waals surface area contributed by atoms with E-state index >= 15 is 0 Å². The van der Waals surface area contributed by atoms with Crippen LogP contribution >= 0.6 is 23.2 Å². The SMILES string of the molecule is CCCNCC1CCCCCC1c1ccc(Cl)c(Cl)c1. The van der Waals surface area contributed by atoms with Crippen molar-refractivity contribution in [1.82, 2.24) is 5.32 Å². The number of halogens is 2. The molecule has 1 aliphatic carbocycles. The quantitative estimate of drug-likeness (QED) is 0.546. The maximum atomic E-state index is 6.20. The smallest absolute Gasteiger partial charge is 0.0595 e. The second-order valence-corrected chi connectivity index (χ2v) is 6.70. The van der Waals surface area contributed by atoms with Crippen molar-refractivity contribution in [3.8, 4) is 0 Å². The highest BCUT2D eigenvalue weighted by molar-refractivity contribution is 6.42. The van der Waals surface area contributed by atoms with Crippen LogP contribution in [-0.4, -0.2) is 13.1 Å². The molecule has 0 bridgehead atoms. The first-order chi connectivity index (χ1) is 9.72. The molecule has 0 amide bonds. The van der Waals surface area contributed by atoms with Crippen LogP contribution in [0, 0.1) is 5.92 Å². The molecule has 1 saturated carbocycles. The Morgan fingerprint density at radius 3 is 2.65 bits per heavy atom. The maximum Gasteiger partial charge on any atom is 0.0595 e. The molecule has 0 aromatic heterocycles. The maximum absolute atomic E-state index is 6.20. The Morgan fingerprint density at radius 2 is 1.90 bits per heavy atom. The molecule has 0 heterocycles. The summed E-state index contributed by atoms with van der Waals surface area (Å²) < 4.78 is 0. The van der Waals surface area contributed by atoms with Crippen LogP contribution in [0.5, 0.6) is 0 Å². The van der Waals surface area contributed by atoms with Gasteiger partial charge in [-0.1, -0.05) is 55.5 Å². The first-order valence-electron chi connectivity index (χ1n) is 7.88. The first kappa shape index (κ1) is 16.1. The average Bonchev–Trinajstić information content (AvgIpc) is 2.68. The number of hydrogen-bond donors (Lipinski definition) is 1. The van der Waals surface area contributed by atoms with Gasteiger partial charge in [0.2, 0.25) is 0 Å². The van der Waals surface area contributed by atoms with E-state index in [1.54, 1.807) is 0 Å². The van der Waals surface area contributed by atoms with Gasteiger partial charge < -0.3 is 5.32 Å². The molecule has 1 aliphatic rings. The van der Waals surface area contributed by atoms with Crippen molar-refractivity contribution in [2.45, 2.75) is 51.4 Å². The molecule has 0 aliphatic heterocycles. The third-order valence-corrected chi connectivity index (χ3v) is 5.10. The van der Waals surface area contributed by atoms with Crippen molar-refractivity contribution < 1.29 is 0 Å². The zero-order valence-corrected chi connectivity index (χ0v) is 13.8. The van der Waals surface area contributed by atoms with E-state index in [1.165, 1.54) is 44.1 Å². The van der Waals surface area contributed by atoms with E-state index in [0.717, 1.165) is 19.0 Å². The Morgan fingerprint density at radius 1 is 1.10 bits per heavy atom. The van der Waals surface area contributed by atoms with Crippen LogP contribution in [-0.2, 0) is 0 Å². The predicted octanol–water partition coefficient (Wildman–Crippen LogP) is 5.66. The molecule has 1 aromatic carbocycles. The van der Waals surface area contributed by atoms with E-state index in [2.05, 4.69) is 24.4 Å². The summed E-state index contributed by atoms with van der Waals surface area (Å²) in [7, 11) is 0. The van der Waals surface area contributed by atoms with Gasteiger partial charge in [0.25, 0.3) is 0 Å². The van der Waals surface area contributed by atoms with Crippen LogP contribution in [0.3, 0.4) is 0 Å². The lowest BCUT2D eigenvalue weighted by Crippen LogP contribution is -2.27. The monoisotopic (exact) mass is 313 g/mol. The second kappa shape index (κ2) is 8.26. The van der Waals surface area contributed by atoms with Gasteiger partial charge in [-0.05, 0) is 61.9 Å². The summed E-state index contributed by atoms with van der Waals surface area (Å²) in [4.78, 5) is 0. The Labute approximate surface area is 133 Å². The van der Waals surface area contributed by atoms with E-state index < -0.39 is 0 Å². The van der Waals surface area contributed by atoms with Crippen molar-refractivity contribution in [3.63, 3.8) is 0 Å². The molecule has 2 rings (SSSR count). The van der Waals surface area contributed by atoms with Gasteiger partial charge in [0.15, 0.2) is 0 Å². The molecule has 2 unspecified atom stereocenters. The van der Waals surface area contributed by atoms with E-state index in [1.807, 2.05) is 6.07 Å². The van der Waals surface area contributed by atoms with Gasteiger partial charge >= 0.3 is 0 Å². The van der Waals surface area contributed by atoms with Crippen LogP contribution < -0.4 is 5.32 Å². The van der Waals surface area contributed by atoms with Crippen molar-refractivity contribution in [1.29, 1.82) is 0 Å². The molecule has 0 radical (unpaired) electrons. The fourth-order valence-electron chi connectivity index (χ4n) is 3.27.